The number of H-pyrrole nitrogens is 1. The molecule has 0 bridgehead atoms. The molecule has 7 nitrogen and oxygen atoms in total. The molecule has 1 unspecified atom stereocenters. The fourth-order valence-corrected chi connectivity index (χ4v) is 2.28. The fourth-order valence-electron chi connectivity index (χ4n) is 2.28. The maximum atomic E-state index is 12.2. The van der Waals surface area contributed by atoms with E-state index in [0.29, 0.717) is 13.1 Å². The molecule has 1 atom stereocenters. The molecule has 18 heavy (non-hydrogen) atoms. The third-order valence-corrected chi connectivity index (χ3v) is 3.26. The van der Waals surface area contributed by atoms with Crippen molar-refractivity contribution in [1.29, 1.82) is 0 Å². The first-order valence-electron chi connectivity index (χ1n) is 5.98. The molecule has 1 aliphatic rings. The van der Waals surface area contributed by atoms with Crippen molar-refractivity contribution in [1.82, 2.24) is 9.88 Å². The number of carbonyl (C=O) groups is 1. The Morgan fingerprint density at radius 3 is 2.94 bits per heavy atom. The molecule has 1 aromatic rings. The topological polar surface area (TPSA) is 105 Å². The summed E-state index contributed by atoms with van der Waals surface area (Å²) in [5.74, 6) is -0.377. The van der Waals surface area contributed by atoms with E-state index in [2.05, 4.69) is 4.98 Å². The first-order chi connectivity index (χ1) is 8.63. The Balaban J connectivity index is 2.15. The number of hydrogen-bond acceptors (Lipinski definition) is 4. The van der Waals surface area contributed by atoms with Crippen LogP contribution in [0.15, 0.2) is 12.1 Å². The average Bonchev–Trinajstić information content (AvgIpc) is 2.87. The molecule has 0 spiro atoms. The number of nitro groups is 1. The summed E-state index contributed by atoms with van der Waals surface area (Å²) in [5, 5.41) is 10.6. The first-order valence-corrected chi connectivity index (χ1v) is 5.98. The lowest BCUT2D eigenvalue weighted by atomic mass is 10.0. The van der Waals surface area contributed by atoms with Crippen LogP contribution in [0.5, 0.6) is 0 Å². The van der Waals surface area contributed by atoms with Crippen LogP contribution in [0.4, 0.5) is 5.82 Å². The number of piperidine rings is 1. The average molecular weight is 252 g/mol. The molecule has 0 aliphatic carbocycles. The van der Waals surface area contributed by atoms with Crippen molar-refractivity contribution in [3.05, 3.63) is 27.9 Å². The van der Waals surface area contributed by atoms with Gasteiger partial charge >= 0.3 is 5.82 Å². The van der Waals surface area contributed by atoms with Crippen molar-refractivity contribution in [2.45, 2.75) is 25.3 Å². The molecule has 2 rings (SSSR count). The second-order valence-corrected chi connectivity index (χ2v) is 4.40. The number of hydrogen-bond donors (Lipinski definition) is 2. The van der Waals surface area contributed by atoms with Gasteiger partial charge in [-0.05, 0) is 30.3 Å². The Kier molecular flexibility index (Phi) is 3.61. The number of carbonyl (C=O) groups excluding carboxylic acids is 1. The molecule has 98 valence electrons. The van der Waals surface area contributed by atoms with Crippen LogP contribution in [-0.2, 0) is 0 Å². The summed E-state index contributed by atoms with van der Waals surface area (Å²) in [7, 11) is 0. The van der Waals surface area contributed by atoms with E-state index in [1.165, 1.54) is 12.1 Å². The highest BCUT2D eigenvalue weighted by molar-refractivity contribution is 5.93. The fraction of sp³-hybridized carbons (Fsp3) is 0.545. The molecule has 0 aromatic carbocycles. The summed E-state index contributed by atoms with van der Waals surface area (Å²) >= 11 is 0. The number of nitrogens with two attached hydrogens (primary N) is 1. The summed E-state index contributed by atoms with van der Waals surface area (Å²) in [6.45, 7) is 1.09. The summed E-state index contributed by atoms with van der Waals surface area (Å²) in [6.07, 6.45) is 2.91. The van der Waals surface area contributed by atoms with E-state index in [9.17, 15) is 14.9 Å². The van der Waals surface area contributed by atoms with Gasteiger partial charge in [-0.25, -0.2) is 4.98 Å². The summed E-state index contributed by atoms with van der Waals surface area (Å²) < 4.78 is 0. The zero-order valence-electron chi connectivity index (χ0n) is 9.96. The highest BCUT2D eigenvalue weighted by atomic mass is 16.6. The van der Waals surface area contributed by atoms with Crippen LogP contribution in [0.1, 0.15) is 29.8 Å². The Hall–Kier alpha value is -1.89. The number of rotatable bonds is 3. The van der Waals surface area contributed by atoms with Crippen molar-refractivity contribution in [2.75, 3.05) is 13.1 Å². The van der Waals surface area contributed by atoms with Gasteiger partial charge in [0.05, 0.1) is 0 Å². The smallest absolute Gasteiger partial charge is 0.321 e. The van der Waals surface area contributed by atoms with Gasteiger partial charge < -0.3 is 20.7 Å². The maximum absolute atomic E-state index is 12.2. The molecule has 2 heterocycles. The lowest BCUT2D eigenvalue weighted by Crippen LogP contribution is -2.47. The van der Waals surface area contributed by atoms with E-state index in [1.807, 2.05) is 0 Å². The van der Waals surface area contributed by atoms with Crippen molar-refractivity contribution in [3.8, 4) is 0 Å². The van der Waals surface area contributed by atoms with Gasteiger partial charge in [-0.2, -0.15) is 0 Å². The number of nitrogens with zero attached hydrogens (tertiary/aromatic N) is 2. The van der Waals surface area contributed by atoms with Crippen molar-refractivity contribution in [2.24, 2.45) is 5.73 Å². The van der Waals surface area contributed by atoms with Gasteiger partial charge in [0.25, 0.3) is 5.91 Å². The molecular weight excluding hydrogens is 236 g/mol. The lowest BCUT2D eigenvalue weighted by Gasteiger charge is -2.34. The van der Waals surface area contributed by atoms with E-state index in [-0.39, 0.29) is 23.5 Å². The molecule has 1 aliphatic heterocycles. The normalized spacial score (nSPS) is 19.8. The van der Waals surface area contributed by atoms with Crippen LogP contribution in [0.25, 0.3) is 0 Å². The summed E-state index contributed by atoms with van der Waals surface area (Å²) in [4.78, 5) is 26.5. The van der Waals surface area contributed by atoms with Crippen LogP contribution in [-0.4, -0.2) is 39.8 Å². The van der Waals surface area contributed by atoms with Crippen LogP contribution >= 0.6 is 0 Å². The minimum Gasteiger partial charge on any atom is -0.358 e. The summed E-state index contributed by atoms with van der Waals surface area (Å²) in [6, 6.07) is 2.78. The zero-order chi connectivity index (χ0) is 13.1. The molecule has 1 fully saturated rings. The number of aromatic amines is 1. The Morgan fingerprint density at radius 2 is 2.33 bits per heavy atom. The highest BCUT2D eigenvalue weighted by Gasteiger charge is 2.29. The van der Waals surface area contributed by atoms with Crippen LogP contribution in [0, 0.1) is 10.1 Å². The Labute approximate surface area is 104 Å². The van der Waals surface area contributed by atoms with E-state index in [4.69, 9.17) is 5.73 Å². The van der Waals surface area contributed by atoms with Crippen molar-refractivity contribution < 1.29 is 9.72 Å². The SMILES string of the molecule is NCC1CCCCN1C(=O)c1ccc([N+](=O)[O-])[nH]1. The number of nitrogens with one attached hydrogen (secondary N) is 1. The monoisotopic (exact) mass is 252 g/mol. The van der Waals surface area contributed by atoms with E-state index in [0.717, 1.165) is 19.3 Å². The Bertz CT molecular complexity index is 457. The van der Waals surface area contributed by atoms with E-state index in [1.54, 1.807) is 4.90 Å². The minimum absolute atomic E-state index is 0.0357. The molecule has 1 saturated heterocycles. The predicted octanol–water partition coefficient (Wildman–Crippen LogP) is 0.876. The molecule has 7 heteroatoms. The first kappa shape index (κ1) is 12.6. The van der Waals surface area contributed by atoms with Gasteiger partial charge in [0.1, 0.15) is 0 Å². The molecule has 0 saturated carbocycles. The second kappa shape index (κ2) is 5.18. The molecule has 1 aromatic heterocycles. The largest absolute Gasteiger partial charge is 0.358 e. The van der Waals surface area contributed by atoms with Gasteiger partial charge in [0, 0.05) is 25.2 Å². The molecule has 0 radical (unpaired) electrons. The lowest BCUT2D eigenvalue weighted by molar-refractivity contribution is -0.389. The van der Waals surface area contributed by atoms with Gasteiger partial charge in [0.15, 0.2) is 5.69 Å². The number of amides is 1. The third-order valence-electron chi connectivity index (χ3n) is 3.26. The predicted molar refractivity (Wildman–Crippen MR) is 65.2 cm³/mol. The van der Waals surface area contributed by atoms with E-state index < -0.39 is 4.92 Å². The standard InChI is InChI=1S/C11H16N4O3/c12-7-8-3-1-2-6-14(8)11(16)9-4-5-10(13-9)15(17)18/h4-5,8,13H,1-3,6-7,12H2. The quantitative estimate of drug-likeness (QED) is 0.615. The molecular formula is C11H16N4O3. The summed E-state index contributed by atoms with van der Waals surface area (Å²) in [5.41, 5.74) is 5.90. The van der Waals surface area contributed by atoms with Gasteiger partial charge in [0.2, 0.25) is 0 Å². The number of aromatic nitrogens is 1. The van der Waals surface area contributed by atoms with Gasteiger partial charge in [-0.1, -0.05) is 0 Å². The van der Waals surface area contributed by atoms with Crippen LogP contribution in [0.2, 0.25) is 0 Å². The zero-order valence-corrected chi connectivity index (χ0v) is 9.96. The maximum Gasteiger partial charge on any atom is 0.321 e. The van der Waals surface area contributed by atoms with Crippen LogP contribution in [0.3, 0.4) is 0 Å². The number of likely N-dealkylation sites (tertiary alicyclic amines) is 1. The molecule has 3 N–H and O–H groups in total. The van der Waals surface area contributed by atoms with Crippen LogP contribution < -0.4 is 5.73 Å². The van der Waals surface area contributed by atoms with Gasteiger partial charge in [-0.3, -0.25) is 4.79 Å². The second-order valence-electron chi connectivity index (χ2n) is 4.40. The van der Waals surface area contributed by atoms with Gasteiger partial charge in [-0.15, -0.1) is 0 Å². The highest BCUT2D eigenvalue weighted by Crippen LogP contribution is 2.20. The molecule has 1 amide bonds. The third kappa shape index (κ3) is 2.35. The van der Waals surface area contributed by atoms with E-state index >= 15 is 0 Å². The van der Waals surface area contributed by atoms with Crippen molar-refractivity contribution in [3.63, 3.8) is 0 Å². The van der Waals surface area contributed by atoms with Crippen molar-refractivity contribution >= 4 is 11.7 Å². The minimum atomic E-state index is -0.548. The Morgan fingerprint density at radius 1 is 1.56 bits per heavy atom.